The monoisotopic (exact) mass is 346 g/mol. The largest absolute Gasteiger partial charge is 0.392 e. The van der Waals surface area contributed by atoms with Crippen LogP contribution in [-0.4, -0.2) is 51.2 Å². The lowest BCUT2D eigenvalue weighted by Crippen LogP contribution is -2.47. The molecule has 0 aromatic heterocycles. The van der Waals surface area contributed by atoms with Gasteiger partial charge in [-0.3, -0.25) is 4.79 Å². The summed E-state index contributed by atoms with van der Waals surface area (Å²) in [5.41, 5.74) is 1.58. The smallest absolute Gasteiger partial charge is 0.226 e. The Labute approximate surface area is 148 Å². The van der Waals surface area contributed by atoms with Crippen LogP contribution in [0.4, 0.5) is 0 Å². The van der Waals surface area contributed by atoms with E-state index in [-0.39, 0.29) is 12.0 Å². The molecule has 136 valence electrons. The highest BCUT2D eigenvalue weighted by Crippen LogP contribution is 2.38. The number of oxime groups is 1. The maximum atomic E-state index is 12.8. The van der Waals surface area contributed by atoms with E-state index in [1.54, 1.807) is 7.11 Å². The molecule has 0 aliphatic carbocycles. The van der Waals surface area contributed by atoms with Gasteiger partial charge in [-0.25, -0.2) is 0 Å². The van der Waals surface area contributed by atoms with Gasteiger partial charge in [-0.05, 0) is 18.4 Å². The van der Waals surface area contributed by atoms with Gasteiger partial charge in [0.2, 0.25) is 5.91 Å². The Morgan fingerprint density at radius 3 is 2.80 bits per heavy atom. The van der Waals surface area contributed by atoms with E-state index in [2.05, 4.69) is 10.5 Å². The molecule has 0 bridgehead atoms. The van der Waals surface area contributed by atoms with E-state index in [4.69, 9.17) is 14.3 Å². The summed E-state index contributed by atoms with van der Waals surface area (Å²) in [6, 6.07) is 10.0. The molecular weight excluding hydrogens is 320 g/mol. The second-order valence-corrected chi connectivity index (χ2v) is 6.68. The molecule has 1 amide bonds. The number of nitrogens with one attached hydrogen (secondary N) is 1. The van der Waals surface area contributed by atoms with Gasteiger partial charge in [0.1, 0.15) is 6.10 Å². The minimum Gasteiger partial charge on any atom is -0.392 e. The summed E-state index contributed by atoms with van der Waals surface area (Å²) in [6.07, 6.45) is 2.76. The number of hydrogen-bond donors (Lipinski definition) is 1. The summed E-state index contributed by atoms with van der Waals surface area (Å²) in [7, 11) is 1.63. The summed E-state index contributed by atoms with van der Waals surface area (Å²) < 4.78 is 10.5. The van der Waals surface area contributed by atoms with Crippen molar-refractivity contribution < 1.29 is 19.1 Å². The molecule has 3 rings (SSSR count). The molecule has 1 N–H and O–H groups in total. The average molecular weight is 346 g/mol. The Hall–Kier alpha value is -1.92. The normalized spacial score (nSPS) is 22.1. The summed E-state index contributed by atoms with van der Waals surface area (Å²) >= 11 is 0. The van der Waals surface area contributed by atoms with E-state index in [0.717, 1.165) is 17.7 Å². The van der Waals surface area contributed by atoms with Gasteiger partial charge in [-0.2, -0.15) is 0 Å². The van der Waals surface area contributed by atoms with Gasteiger partial charge in [0.15, 0.2) is 0 Å². The number of amides is 1. The second kappa shape index (κ2) is 8.45. The highest BCUT2D eigenvalue weighted by molar-refractivity contribution is 6.01. The minimum atomic E-state index is -0.446. The van der Waals surface area contributed by atoms with Crippen LogP contribution in [0.5, 0.6) is 0 Å². The number of carbonyl (C=O) groups is 1. The fourth-order valence-corrected chi connectivity index (χ4v) is 3.51. The van der Waals surface area contributed by atoms with Gasteiger partial charge in [-0.15, -0.1) is 0 Å². The lowest BCUT2D eigenvalue weighted by Gasteiger charge is -2.36. The van der Waals surface area contributed by atoms with E-state index in [1.807, 2.05) is 30.3 Å². The van der Waals surface area contributed by atoms with Gasteiger partial charge in [0.25, 0.3) is 0 Å². The molecule has 6 heteroatoms. The highest BCUT2D eigenvalue weighted by atomic mass is 16.6. The van der Waals surface area contributed by atoms with E-state index in [0.29, 0.717) is 45.6 Å². The first-order valence-electron chi connectivity index (χ1n) is 8.87. The zero-order valence-electron chi connectivity index (χ0n) is 14.7. The van der Waals surface area contributed by atoms with Gasteiger partial charge < -0.3 is 19.6 Å². The number of benzene rings is 1. The van der Waals surface area contributed by atoms with Crippen molar-refractivity contribution in [3.63, 3.8) is 0 Å². The van der Waals surface area contributed by atoms with Crippen LogP contribution in [0.2, 0.25) is 0 Å². The predicted octanol–water partition coefficient (Wildman–Crippen LogP) is 2.13. The Morgan fingerprint density at radius 1 is 1.32 bits per heavy atom. The van der Waals surface area contributed by atoms with E-state index >= 15 is 0 Å². The second-order valence-electron chi connectivity index (χ2n) is 6.68. The quantitative estimate of drug-likeness (QED) is 0.768. The van der Waals surface area contributed by atoms with E-state index in [9.17, 15) is 4.79 Å². The standard InChI is InChI=1S/C19H26N2O4/c1-23-12-9-20-18(22)19(7-10-24-11-8-19)14-16-13-17(21-25-16)15-5-3-2-4-6-15/h2-6,16H,7-14H2,1H3,(H,20,22). The van der Waals surface area contributed by atoms with Crippen LogP contribution in [0.1, 0.15) is 31.2 Å². The molecule has 1 atom stereocenters. The molecule has 1 aromatic rings. The highest BCUT2D eigenvalue weighted by Gasteiger charge is 2.43. The number of nitrogens with zero attached hydrogens (tertiary/aromatic N) is 1. The first-order valence-corrected chi connectivity index (χ1v) is 8.87. The fraction of sp³-hybridized carbons (Fsp3) is 0.579. The maximum absolute atomic E-state index is 12.8. The zero-order chi connectivity index (χ0) is 17.5. The third kappa shape index (κ3) is 4.38. The number of carbonyl (C=O) groups excluding carboxylic acids is 1. The van der Waals surface area contributed by atoms with E-state index in [1.165, 1.54) is 0 Å². The van der Waals surface area contributed by atoms with Gasteiger partial charge in [0, 0.05) is 39.7 Å². The van der Waals surface area contributed by atoms with Crippen molar-refractivity contribution in [3.05, 3.63) is 35.9 Å². The molecule has 2 aliphatic heterocycles. The maximum Gasteiger partial charge on any atom is 0.226 e. The first-order chi connectivity index (χ1) is 12.2. The molecule has 1 saturated heterocycles. The molecular formula is C19H26N2O4. The van der Waals surface area contributed by atoms with Crippen molar-refractivity contribution >= 4 is 11.6 Å². The molecule has 6 nitrogen and oxygen atoms in total. The van der Waals surface area contributed by atoms with Crippen molar-refractivity contribution in [3.8, 4) is 0 Å². The fourth-order valence-electron chi connectivity index (χ4n) is 3.51. The van der Waals surface area contributed by atoms with Crippen LogP contribution in [0.25, 0.3) is 0 Å². The Balaban J connectivity index is 1.62. The number of methoxy groups -OCH3 is 1. The van der Waals surface area contributed by atoms with Crippen LogP contribution in [0.15, 0.2) is 35.5 Å². The molecule has 1 unspecified atom stereocenters. The van der Waals surface area contributed by atoms with Crippen molar-refractivity contribution in [1.82, 2.24) is 5.32 Å². The molecule has 2 heterocycles. The lowest BCUT2D eigenvalue weighted by molar-refractivity contribution is -0.140. The molecule has 0 spiro atoms. The lowest BCUT2D eigenvalue weighted by atomic mass is 9.74. The van der Waals surface area contributed by atoms with Crippen LogP contribution in [0, 0.1) is 5.41 Å². The Kier molecular flexibility index (Phi) is 6.04. The SMILES string of the molecule is COCCNC(=O)C1(CC2CC(c3ccccc3)=NO2)CCOCC1. The van der Waals surface area contributed by atoms with Crippen LogP contribution in [-0.2, 0) is 19.1 Å². The van der Waals surface area contributed by atoms with Crippen LogP contribution in [0.3, 0.4) is 0 Å². The number of ether oxygens (including phenoxy) is 2. The molecule has 2 aliphatic rings. The minimum absolute atomic E-state index is 0.0681. The average Bonchev–Trinajstić information content (AvgIpc) is 3.11. The van der Waals surface area contributed by atoms with Gasteiger partial charge >= 0.3 is 0 Å². The zero-order valence-corrected chi connectivity index (χ0v) is 14.7. The molecule has 25 heavy (non-hydrogen) atoms. The molecule has 1 aromatic carbocycles. The van der Waals surface area contributed by atoms with Crippen molar-refractivity contribution in [2.75, 3.05) is 33.5 Å². The Bertz CT molecular complexity index is 597. The number of hydrogen-bond acceptors (Lipinski definition) is 5. The molecule has 0 saturated carbocycles. The number of rotatable bonds is 7. The van der Waals surface area contributed by atoms with Crippen molar-refractivity contribution in [1.29, 1.82) is 0 Å². The first kappa shape index (κ1) is 17.9. The summed E-state index contributed by atoms with van der Waals surface area (Å²) in [6.45, 7) is 2.25. The summed E-state index contributed by atoms with van der Waals surface area (Å²) in [5.74, 6) is 0.0737. The van der Waals surface area contributed by atoms with Crippen molar-refractivity contribution in [2.45, 2.75) is 31.8 Å². The summed E-state index contributed by atoms with van der Waals surface area (Å²) in [5, 5.41) is 7.25. The molecule has 1 fully saturated rings. The predicted molar refractivity (Wildman–Crippen MR) is 94.5 cm³/mol. The van der Waals surface area contributed by atoms with Crippen molar-refractivity contribution in [2.24, 2.45) is 10.6 Å². The summed E-state index contributed by atoms with van der Waals surface area (Å²) in [4.78, 5) is 18.5. The third-order valence-electron chi connectivity index (χ3n) is 4.98. The van der Waals surface area contributed by atoms with Crippen LogP contribution < -0.4 is 5.32 Å². The van der Waals surface area contributed by atoms with Crippen LogP contribution >= 0.6 is 0 Å². The molecule has 0 radical (unpaired) electrons. The van der Waals surface area contributed by atoms with E-state index < -0.39 is 5.41 Å². The third-order valence-corrected chi connectivity index (χ3v) is 4.98. The van der Waals surface area contributed by atoms with Gasteiger partial charge in [0.05, 0.1) is 17.7 Å². The Morgan fingerprint density at radius 2 is 2.08 bits per heavy atom. The topological polar surface area (TPSA) is 69.2 Å². The van der Waals surface area contributed by atoms with Gasteiger partial charge in [-0.1, -0.05) is 35.5 Å².